The van der Waals surface area contributed by atoms with Crippen LogP contribution in [0.3, 0.4) is 0 Å². The van der Waals surface area contributed by atoms with Crippen molar-refractivity contribution < 1.29 is 9.90 Å². The molecule has 0 aliphatic heterocycles. The first-order valence-corrected chi connectivity index (χ1v) is 8.15. The number of hydrogen-bond donors (Lipinski definition) is 3. The molecule has 0 aliphatic rings. The highest BCUT2D eigenvalue weighted by atomic mass is 32.2. The first-order valence-electron chi connectivity index (χ1n) is 5.77. The minimum absolute atomic E-state index is 0.0334. The molecule has 1 heterocycles. The first-order chi connectivity index (χ1) is 8.63. The van der Waals surface area contributed by atoms with Crippen LogP contribution < -0.4 is 5.32 Å². The van der Waals surface area contributed by atoms with E-state index in [1.165, 1.54) is 11.3 Å². The predicted octanol–water partition coefficient (Wildman–Crippen LogP) is 1.89. The van der Waals surface area contributed by atoms with Crippen molar-refractivity contribution in [1.82, 2.24) is 10.3 Å². The third-order valence-corrected chi connectivity index (χ3v) is 4.67. The second-order valence-corrected chi connectivity index (χ2v) is 6.78. The minimum atomic E-state index is 0.0334. The molecule has 102 valence electrons. The third kappa shape index (κ3) is 5.99. The van der Waals surface area contributed by atoms with E-state index in [1.54, 1.807) is 11.8 Å². The van der Waals surface area contributed by atoms with Gasteiger partial charge in [0.2, 0.25) is 5.91 Å². The molecule has 0 aliphatic carbocycles. The Morgan fingerprint density at radius 2 is 2.33 bits per heavy atom. The predicted molar refractivity (Wildman–Crippen MR) is 80.0 cm³/mol. The van der Waals surface area contributed by atoms with Crippen LogP contribution in [-0.2, 0) is 11.2 Å². The van der Waals surface area contributed by atoms with Crippen LogP contribution in [0.4, 0.5) is 0 Å². The van der Waals surface area contributed by atoms with Crippen molar-refractivity contribution in [3.63, 3.8) is 0 Å². The first kappa shape index (κ1) is 15.7. The molecule has 0 bridgehead atoms. The fraction of sp³-hybridized carbons (Fsp3) is 0.636. The van der Waals surface area contributed by atoms with E-state index in [4.69, 9.17) is 17.3 Å². The number of amides is 1. The lowest BCUT2D eigenvalue weighted by Gasteiger charge is -2.04. The summed E-state index contributed by atoms with van der Waals surface area (Å²) in [4.78, 5) is 15.7. The van der Waals surface area contributed by atoms with Gasteiger partial charge in [0, 0.05) is 29.5 Å². The smallest absolute Gasteiger partial charge is 0.225 e. The van der Waals surface area contributed by atoms with Gasteiger partial charge in [-0.3, -0.25) is 4.79 Å². The standard InChI is InChI=1S/C11H18N2O2S3/c1-8-9(18-11(16)13-8)7-10(15)12-3-6-17-5-2-4-14/h14H,2-7H2,1H3,(H,12,15)(H,13,16). The normalized spacial score (nSPS) is 10.6. The number of aliphatic hydroxyl groups is 1. The number of carbonyl (C=O) groups excluding carboxylic acids is 1. The van der Waals surface area contributed by atoms with Crippen LogP contribution in [-0.4, -0.2) is 40.7 Å². The number of hydrogen-bond acceptors (Lipinski definition) is 5. The van der Waals surface area contributed by atoms with Gasteiger partial charge in [-0.2, -0.15) is 11.8 Å². The lowest BCUT2D eigenvalue weighted by molar-refractivity contribution is -0.120. The highest BCUT2D eigenvalue weighted by Crippen LogP contribution is 2.14. The highest BCUT2D eigenvalue weighted by molar-refractivity contribution is 7.99. The number of carbonyl (C=O) groups is 1. The van der Waals surface area contributed by atoms with E-state index < -0.39 is 0 Å². The summed E-state index contributed by atoms with van der Waals surface area (Å²) < 4.78 is 0.717. The van der Waals surface area contributed by atoms with Crippen LogP contribution in [0.1, 0.15) is 17.0 Å². The molecule has 18 heavy (non-hydrogen) atoms. The molecular weight excluding hydrogens is 288 g/mol. The summed E-state index contributed by atoms with van der Waals surface area (Å²) in [6.07, 6.45) is 1.20. The van der Waals surface area contributed by atoms with Crippen molar-refractivity contribution in [2.75, 3.05) is 24.7 Å². The average Bonchev–Trinajstić information content (AvgIpc) is 2.62. The van der Waals surface area contributed by atoms with Gasteiger partial charge in [0.1, 0.15) is 0 Å². The SMILES string of the molecule is Cc1[nH]c(=S)sc1CC(=O)NCCSCCCO. The Morgan fingerprint density at radius 3 is 2.94 bits per heavy atom. The van der Waals surface area contributed by atoms with E-state index in [-0.39, 0.29) is 12.5 Å². The van der Waals surface area contributed by atoms with Crippen LogP contribution in [0.25, 0.3) is 0 Å². The zero-order valence-electron chi connectivity index (χ0n) is 10.3. The lowest BCUT2D eigenvalue weighted by Crippen LogP contribution is -2.27. The van der Waals surface area contributed by atoms with E-state index in [9.17, 15) is 4.79 Å². The molecule has 0 aromatic carbocycles. The monoisotopic (exact) mass is 306 g/mol. The second-order valence-electron chi connectivity index (χ2n) is 3.78. The van der Waals surface area contributed by atoms with E-state index in [0.29, 0.717) is 13.0 Å². The summed E-state index contributed by atoms with van der Waals surface area (Å²) in [5.41, 5.74) is 0.984. The zero-order chi connectivity index (χ0) is 13.4. The van der Waals surface area contributed by atoms with Gasteiger partial charge in [-0.15, -0.1) is 11.3 Å². The fourth-order valence-corrected chi connectivity index (χ4v) is 3.42. The number of aromatic nitrogens is 1. The second kappa shape index (κ2) is 8.68. The van der Waals surface area contributed by atoms with E-state index in [2.05, 4.69) is 10.3 Å². The Hall–Kier alpha value is -0.370. The van der Waals surface area contributed by atoms with Crippen molar-refractivity contribution in [2.24, 2.45) is 0 Å². The van der Waals surface area contributed by atoms with Gasteiger partial charge in [-0.25, -0.2) is 0 Å². The van der Waals surface area contributed by atoms with Crippen molar-refractivity contribution in [1.29, 1.82) is 0 Å². The van der Waals surface area contributed by atoms with Crippen molar-refractivity contribution >= 4 is 41.2 Å². The summed E-state index contributed by atoms with van der Waals surface area (Å²) in [5.74, 6) is 1.85. The van der Waals surface area contributed by atoms with Gasteiger partial charge in [-0.1, -0.05) is 0 Å². The molecule has 7 heteroatoms. The average molecular weight is 306 g/mol. The summed E-state index contributed by atoms with van der Waals surface area (Å²) >= 11 is 8.22. The fourth-order valence-electron chi connectivity index (χ4n) is 1.35. The Bertz CT molecular complexity index is 428. The minimum Gasteiger partial charge on any atom is -0.396 e. The van der Waals surface area contributed by atoms with Crippen molar-refractivity contribution in [2.45, 2.75) is 19.8 Å². The number of aromatic amines is 1. The van der Waals surface area contributed by atoms with E-state index >= 15 is 0 Å². The molecule has 1 rings (SSSR count). The quantitative estimate of drug-likeness (QED) is 0.507. The summed E-state index contributed by atoms with van der Waals surface area (Å²) in [6.45, 7) is 2.83. The molecular formula is C11H18N2O2S3. The number of nitrogens with one attached hydrogen (secondary N) is 2. The lowest BCUT2D eigenvalue weighted by atomic mass is 10.3. The summed E-state index contributed by atoms with van der Waals surface area (Å²) in [5, 5.41) is 11.5. The van der Waals surface area contributed by atoms with Gasteiger partial charge < -0.3 is 15.4 Å². The molecule has 0 radical (unpaired) electrons. The van der Waals surface area contributed by atoms with Crippen molar-refractivity contribution in [3.8, 4) is 0 Å². The van der Waals surface area contributed by atoms with Gasteiger partial charge in [0.15, 0.2) is 3.95 Å². The maximum absolute atomic E-state index is 11.7. The molecule has 1 amide bonds. The molecule has 1 aromatic heterocycles. The maximum atomic E-state index is 11.7. The van der Waals surface area contributed by atoms with Crippen LogP contribution in [0.2, 0.25) is 0 Å². The Kier molecular flexibility index (Phi) is 7.57. The molecule has 4 nitrogen and oxygen atoms in total. The van der Waals surface area contributed by atoms with E-state index in [0.717, 1.165) is 32.5 Å². The third-order valence-electron chi connectivity index (χ3n) is 2.26. The van der Waals surface area contributed by atoms with Crippen LogP contribution in [0, 0.1) is 10.9 Å². The van der Waals surface area contributed by atoms with Gasteiger partial charge in [-0.05, 0) is 31.3 Å². The largest absolute Gasteiger partial charge is 0.396 e. The van der Waals surface area contributed by atoms with Crippen molar-refractivity contribution in [3.05, 3.63) is 14.5 Å². The number of thioether (sulfide) groups is 1. The van der Waals surface area contributed by atoms with Gasteiger partial charge in [0.05, 0.1) is 6.42 Å². The van der Waals surface area contributed by atoms with E-state index in [1.807, 2.05) is 6.92 Å². The number of aliphatic hydroxyl groups excluding tert-OH is 1. The van der Waals surface area contributed by atoms with Crippen LogP contribution in [0.5, 0.6) is 0 Å². The highest BCUT2D eigenvalue weighted by Gasteiger charge is 2.07. The zero-order valence-corrected chi connectivity index (χ0v) is 12.8. The van der Waals surface area contributed by atoms with Gasteiger partial charge in [0.25, 0.3) is 0 Å². The van der Waals surface area contributed by atoms with Crippen LogP contribution >= 0.6 is 35.3 Å². The van der Waals surface area contributed by atoms with Gasteiger partial charge >= 0.3 is 0 Å². The Labute approximate surface area is 120 Å². The Balaban J connectivity index is 2.18. The number of aryl methyl sites for hydroxylation is 1. The molecule has 3 N–H and O–H groups in total. The number of rotatable bonds is 8. The molecule has 0 unspecified atom stereocenters. The molecule has 1 aromatic rings. The Morgan fingerprint density at radius 1 is 1.56 bits per heavy atom. The maximum Gasteiger partial charge on any atom is 0.225 e. The molecule has 0 saturated carbocycles. The summed E-state index contributed by atoms with van der Waals surface area (Å²) in [7, 11) is 0. The number of thiazole rings is 1. The molecule has 0 fully saturated rings. The topological polar surface area (TPSA) is 65.1 Å². The molecule has 0 spiro atoms. The van der Waals surface area contributed by atoms with Crippen LogP contribution in [0.15, 0.2) is 0 Å². The molecule has 0 saturated heterocycles. The molecule has 0 atom stereocenters. The summed E-state index contributed by atoms with van der Waals surface area (Å²) in [6, 6.07) is 0. The number of H-pyrrole nitrogens is 1.